The van der Waals surface area contributed by atoms with E-state index in [2.05, 4.69) is 26.3 Å². The van der Waals surface area contributed by atoms with Crippen LogP contribution >= 0.6 is 24.0 Å². The van der Waals surface area contributed by atoms with E-state index in [0.717, 1.165) is 29.7 Å². The Morgan fingerprint density at radius 1 is 1.21 bits per heavy atom. The minimum absolute atomic E-state index is 0. The van der Waals surface area contributed by atoms with Gasteiger partial charge in [0, 0.05) is 31.9 Å². The van der Waals surface area contributed by atoms with Crippen molar-refractivity contribution < 1.29 is 4.79 Å². The van der Waals surface area contributed by atoms with E-state index in [0.29, 0.717) is 6.54 Å². The van der Waals surface area contributed by atoms with E-state index in [4.69, 9.17) is 0 Å². The fraction of sp³-hybridized carbons (Fsp3) is 0.529. The number of carbonyl (C=O) groups is 1. The first kappa shape index (κ1) is 20.5. The van der Waals surface area contributed by atoms with E-state index in [1.807, 2.05) is 38.1 Å². The van der Waals surface area contributed by atoms with Gasteiger partial charge in [-0.25, -0.2) is 4.79 Å². The van der Waals surface area contributed by atoms with Crippen molar-refractivity contribution in [1.82, 2.24) is 16.0 Å². The van der Waals surface area contributed by atoms with Crippen molar-refractivity contribution in [3.63, 3.8) is 0 Å². The third kappa shape index (κ3) is 7.85. The van der Waals surface area contributed by atoms with Gasteiger partial charge in [-0.05, 0) is 50.3 Å². The van der Waals surface area contributed by atoms with E-state index in [9.17, 15) is 4.79 Å². The van der Waals surface area contributed by atoms with Gasteiger partial charge in [-0.2, -0.15) is 0 Å². The Kier molecular flexibility index (Phi) is 8.88. The lowest BCUT2D eigenvalue weighted by Crippen LogP contribution is -2.37. The van der Waals surface area contributed by atoms with E-state index < -0.39 is 0 Å². The molecule has 1 aliphatic carbocycles. The third-order valence-corrected chi connectivity index (χ3v) is 3.57. The molecule has 1 aromatic rings. The Hall–Kier alpha value is -1.51. The van der Waals surface area contributed by atoms with Crippen LogP contribution in [0, 0.1) is 5.92 Å². The van der Waals surface area contributed by atoms with Crippen LogP contribution in [0.15, 0.2) is 29.3 Å². The number of amides is 2. The van der Waals surface area contributed by atoms with Crippen molar-refractivity contribution in [3.05, 3.63) is 29.8 Å². The van der Waals surface area contributed by atoms with Crippen molar-refractivity contribution >= 4 is 41.7 Å². The first-order valence-corrected chi connectivity index (χ1v) is 8.18. The van der Waals surface area contributed by atoms with Crippen LogP contribution in [0.5, 0.6) is 0 Å². The molecule has 0 heterocycles. The smallest absolute Gasteiger partial charge is 0.319 e. The van der Waals surface area contributed by atoms with Crippen molar-refractivity contribution in [2.75, 3.05) is 18.9 Å². The van der Waals surface area contributed by atoms with Gasteiger partial charge in [-0.15, -0.1) is 24.0 Å². The molecule has 0 atom stereocenters. The predicted molar refractivity (Wildman–Crippen MR) is 110 cm³/mol. The molecule has 0 saturated heterocycles. The molecule has 1 saturated carbocycles. The van der Waals surface area contributed by atoms with Crippen LogP contribution in [0.25, 0.3) is 0 Å². The minimum Gasteiger partial charge on any atom is -0.356 e. The fourth-order valence-corrected chi connectivity index (χ4v) is 2.10. The second-order valence-electron chi connectivity index (χ2n) is 6.20. The fourth-order valence-electron chi connectivity index (χ4n) is 2.10. The zero-order valence-corrected chi connectivity index (χ0v) is 16.9. The van der Waals surface area contributed by atoms with E-state index in [1.165, 1.54) is 12.8 Å². The molecule has 0 spiro atoms. The number of guanidine groups is 1. The number of nitrogens with one attached hydrogen (secondary N) is 4. The van der Waals surface area contributed by atoms with Gasteiger partial charge in [-0.1, -0.05) is 12.1 Å². The topological polar surface area (TPSA) is 77.5 Å². The molecule has 6 nitrogen and oxygen atoms in total. The number of hydrogen-bond donors (Lipinski definition) is 4. The SMILES string of the molecule is CN=C(NCc1ccc(NC(=O)NC(C)C)cc1)NCC1CC1.I. The summed E-state index contributed by atoms with van der Waals surface area (Å²) < 4.78 is 0. The molecule has 1 aliphatic rings. The average Bonchev–Trinajstić information content (AvgIpc) is 3.32. The zero-order valence-electron chi connectivity index (χ0n) is 14.6. The molecule has 4 N–H and O–H groups in total. The van der Waals surface area contributed by atoms with Crippen molar-refractivity contribution in [2.24, 2.45) is 10.9 Å². The quantitative estimate of drug-likeness (QED) is 0.309. The monoisotopic (exact) mass is 445 g/mol. The summed E-state index contributed by atoms with van der Waals surface area (Å²) in [5.41, 5.74) is 1.91. The van der Waals surface area contributed by atoms with Gasteiger partial charge in [-0.3, -0.25) is 4.99 Å². The first-order chi connectivity index (χ1) is 11.1. The first-order valence-electron chi connectivity index (χ1n) is 8.18. The summed E-state index contributed by atoms with van der Waals surface area (Å²) in [7, 11) is 1.78. The highest BCUT2D eigenvalue weighted by molar-refractivity contribution is 14.0. The molecule has 134 valence electrons. The molecule has 2 amide bonds. The van der Waals surface area contributed by atoms with Gasteiger partial charge in [0.05, 0.1) is 0 Å². The van der Waals surface area contributed by atoms with E-state index >= 15 is 0 Å². The lowest BCUT2D eigenvalue weighted by atomic mass is 10.2. The molecule has 1 aromatic carbocycles. The van der Waals surface area contributed by atoms with Gasteiger partial charge in [0.25, 0.3) is 0 Å². The summed E-state index contributed by atoms with van der Waals surface area (Å²) in [4.78, 5) is 15.9. The maximum Gasteiger partial charge on any atom is 0.319 e. The summed E-state index contributed by atoms with van der Waals surface area (Å²) in [5.74, 6) is 1.64. The van der Waals surface area contributed by atoms with Crippen LogP contribution < -0.4 is 21.3 Å². The van der Waals surface area contributed by atoms with Crippen molar-refractivity contribution in [2.45, 2.75) is 39.3 Å². The van der Waals surface area contributed by atoms with E-state index in [-0.39, 0.29) is 36.0 Å². The highest BCUT2D eigenvalue weighted by Gasteiger charge is 2.20. The largest absolute Gasteiger partial charge is 0.356 e. The number of rotatable bonds is 6. The van der Waals surface area contributed by atoms with Crippen molar-refractivity contribution in [1.29, 1.82) is 0 Å². The Balaban J connectivity index is 0.00000288. The highest BCUT2D eigenvalue weighted by Crippen LogP contribution is 2.27. The third-order valence-electron chi connectivity index (χ3n) is 3.57. The molecule has 0 radical (unpaired) electrons. The number of hydrogen-bond acceptors (Lipinski definition) is 2. The summed E-state index contributed by atoms with van der Waals surface area (Å²) in [6, 6.07) is 7.72. The number of anilines is 1. The molecule has 0 aliphatic heterocycles. The summed E-state index contributed by atoms with van der Waals surface area (Å²) in [6.45, 7) is 5.55. The van der Waals surface area contributed by atoms with Crippen molar-refractivity contribution in [3.8, 4) is 0 Å². The van der Waals surface area contributed by atoms with Gasteiger partial charge in [0.2, 0.25) is 0 Å². The van der Waals surface area contributed by atoms with Crippen LogP contribution in [0.4, 0.5) is 10.5 Å². The van der Waals surface area contributed by atoms with Crippen LogP contribution in [-0.4, -0.2) is 31.6 Å². The lowest BCUT2D eigenvalue weighted by Gasteiger charge is -2.12. The Bertz CT molecular complexity index is 540. The molecule has 0 aromatic heterocycles. The maximum absolute atomic E-state index is 11.6. The van der Waals surface area contributed by atoms with Crippen LogP contribution in [0.2, 0.25) is 0 Å². The highest BCUT2D eigenvalue weighted by atomic mass is 127. The number of carbonyl (C=O) groups excluding carboxylic acids is 1. The molecular weight excluding hydrogens is 417 g/mol. The van der Waals surface area contributed by atoms with Gasteiger partial charge in [0.15, 0.2) is 5.96 Å². The lowest BCUT2D eigenvalue weighted by molar-refractivity contribution is 0.250. The molecule has 1 fully saturated rings. The molecular formula is C17H28IN5O. The second kappa shape index (κ2) is 10.4. The Labute approximate surface area is 161 Å². The Morgan fingerprint density at radius 2 is 1.88 bits per heavy atom. The minimum atomic E-state index is -0.185. The number of urea groups is 1. The van der Waals surface area contributed by atoms with Gasteiger partial charge >= 0.3 is 6.03 Å². The second-order valence-corrected chi connectivity index (χ2v) is 6.20. The molecule has 7 heteroatoms. The molecule has 24 heavy (non-hydrogen) atoms. The van der Waals surface area contributed by atoms with Gasteiger partial charge < -0.3 is 21.3 Å². The zero-order chi connectivity index (χ0) is 16.7. The Morgan fingerprint density at radius 3 is 2.42 bits per heavy atom. The van der Waals surface area contributed by atoms with Crippen LogP contribution in [-0.2, 0) is 6.54 Å². The number of benzene rings is 1. The predicted octanol–water partition coefficient (Wildman–Crippen LogP) is 2.91. The molecule has 0 bridgehead atoms. The number of halogens is 1. The average molecular weight is 445 g/mol. The number of aliphatic imine (C=N–C) groups is 1. The molecule has 0 unspecified atom stereocenters. The maximum atomic E-state index is 11.6. The molecule has 2 rings (SSSR count). The summed E-state index contributed by atoms with van der Waals surface area (Å²) in [6.07, 6.45) is 2.64. The van der Waals surface area contributed by atoms with Gasteiger partial charge in [0.1, 0.15) is 0 Å². The standard InChI is InChI=1S/C17H27N5O.HI/c1-12(2)21-17(23)22-15-8-6-14(7-9-15)11-20-16(18-3)19-10-13-4-5-13;/h6-9,12-13H,4-5,10-11H2,1-3H3,(H2,18,19,20)(H2,21,22,23);1H. The number of nitrogens with zero attached hydrogens (tertiary/aromatic N) is 1. The summed E-state index contributed by atoms with van der Waals surface area (Å²) in [5, 5.41) is 12.2. The van der Waals surface area contributed by atoms with Crippen LogP contribution in [0.1, 0.15) is 32.3 Å². The normalized spacial score (nSPS) is 13.9. The summed E-state index contributed by atoms with van der Waals surface area (Å²) >= 11 is 0. The van der Waals surface area contributed by atoms with Crippen LogP contribution in [0.3, 0.4) is 0 Å². The van der Waals surface area contributed by atoms with E-state index in [1.54, 1.807) is 7.05 Å².